The first-order chi connectivity index (χ1) is 13.2. The van der Waals surface area contributed by atoms with Crippen molar-refractivity contribution in [3.8, 4) is 5.69 Å². The average molecular weight is 408 g/mol. The molecule has 0 bridgehead atoms. The monoisotopic (exact) mass is 408 g/mol. The lowest BCUT2D eigenvalue weighted by molar-refractivity contribution is -0.137. The summed E-state index contributed by atoms with van der Waals surface area (Å²) in [6, 6.07) is 8.13. The van der Waals surface area contributed by atoms with Gasteiger partial charge in [0, 0.05) is 9.79 Å². The molecular weight excluding hydrogens is 393 g/mol. The molecule has 2 aromatic carbocycles. The highest BCUT2D eigenvalue weighted by atomic mass is 32.2. The van der Waals surface area contributed by atoms with Crippen LogP contribution in [0.15, 0.2) is 55.8 Å². The van der Waals surface area contributed by atoms with Crippen LogP contribution in [0.3, 0.4) is 0 Å². The second-order valence-electron chi connectivity index (χ2n) is 6.53. The Bertz CT molecular complexity index is 1210. The van der Waals surface area contributed by atoms with Crippen molar-refractivity contribution in [2.45, 2.75) is 42.0 Å². The molecule has 5 nitrogen and oxygen atoms in total. The van der Waals surface area contributed by atoms with E-state index < -0.39 is 29.1 Å². The van der Waals surface area contributed by atoms with Crippen LogP contribution in [0.4, 0.5) is 13.2 Å². The van der Waals surface area contributed by atoms with Crippen molar-refractivity contribution in [2.24, 2.45) is 0 Å². The van der Waals surface area contributed by atoms with Crippen LogP contribution >= 0.6 is 11.8 Å². The van der Waals surface area contributed by atoms with Crippen molar-refractivity contribution < 1.29 is 18.3 Å². The Morgan fingerprint density at radius 2 is 1.89 bits per heavy atom. The van der Waals surface area contributed by atoms with Crippen LogP contribution in [-0.4, -0.2) is 20.3 Å². The molecule has 28 heavy (non-hydrogen) atoms. The molecular formula is C19H15F3N2O3S. The summed E-state index contributed by atoms with van der Waals surface area (Å²) in [5.41, 5.74) is -1.84. The lowest BCUT2D eigenvalue weighted by Gasteiger charge is -2.24. The van der Waals surface area contributed by atoms with Crippen LogP contribution < -0.4 is 11.2 Å². The molecule has 146 valence electrons. The maximum absolute atomic E-state index is 13.2. The van der Waals surface area contributed by atoms with Gasteiger partial charge in [-0.1, -0.05) is 24.8 Å². The molecule has 1 unspecified atom stereocenters. The van der Waals surface area contributed by atoms with Crippen LogP contribution in [0, 0.1) is 0 Å². The molecule has 1 atom stereocenters. The van der Waals surface area contributed by atoms with E-state index in [4.69, 9.17) is 0 Å². The van der Waals surface area contributed by atoms with Gasteiger partial charge in [-0.25, -0.2) is 4.79 Å². The fourth-order valence-corrected chi connectivity index (χ4v) is 4.33. The third-order valence-electron chi connectivity index (χ3n) is 4.73. The summed E-state index contributed by atoms with van der Waals surface area (Å²) in [6.45, 7) is 1.48. The number of rotatable bonds is 3. The average Bonchev–Trinajstić information content (AvgIpc) is 2.66. The summed E-state index contributed by atoms with van der Waals surface area (Å²) >= 11 is 1.21. The summed E-state index contributed by atoms with van der Waals surface area (Å²) in [6.07, 6.45) is -5.15. The van der Waals surface area contributed by atoms with E-state index in [9.17, 15) is 27.9 Å². The summed E-state index contributed by atoms with van der Waals surface area (Å²) in [7, 11) is 0. The van der Waals surface area contributed by atoms with Crippen molar-refractivity contribution >= 4 is 22.7 Å². The topological polar surface area (TPSA) is 64.2 Å². The fourth-order valence-electron chi connectivity index (χ4n) is 3.25. The zero-order valence-corrected chi connectivity index (χ0v) is 15.5. The zero-order chi connectivity index (χ0) is 20.2. The number of aliphatic hydroxyl groups excluding tert-OH is 1. The standard InChI is InChI=1S/C19H15F3N2O3S/c1-2-11(25)9-23-17(26)12-4-3-5-15-16(12)24(18(23)27)13-8-10(19(20,21)22)6-7-14(13)28-15/h3-8,11,25H,2,9H2,1H3. The Labute approximate surface area is 161 Å². The fraction of sp³-hybridized carbons (Fsp3) is 0.263. The van der Waals surface area contributed by atoms with Crippen molar-refractivity contribution in [3.05, 3.63) is 62.8 Å². The lowest BCUT2D eigenvalue weighted by atomic mass is 10.1. The summed E-state index contributed by atoms with van der Waals surface area (Å²) in [5, 5.41) is 10.2. The molecule has 0 fully saturated rings. The number of hydrogen-bond donors (Lipinski definition) is 1. The molecule has 4 rings (SSSR count). The SMILES string of the molecule is CCC(O)Cn1c(=O)c2cccc3c2n(c1=O)-c1cc(C(F)(F)F)ccc1S3. The minimum atomic E-state index is -4.56. The number of halogens is 3. The van der Waals surface area contributed by atoms with Crippen molar-refractivity contribution in [3.63, 3.8) is 0 Å². The highest BCUT2D eigenvalue weighted by Crippen LogP contribution is 2.43. The highest BCUT2D eigenvalue weighted by Gasteiger charge is 2.33. The van der Waals surface area contributed by atoms with Gasteiger partial charge in [0.15, 0.2) is 0 Å². The van der Waals surface area contributed by atoms with Gasteiger partial charge >= 0.3 is 11.9 Å². The van der Waals surface area contributed by atoms with E-state index in [1.165, 1.54) is 23.9 Å². The third-order valence-corrected chi connectivity index (χ3v) is 5.85. The van der Waals surface area contributed by atoms with E-state index in [1.807, 2.05) is 0 Å². The number of fused-ring (bicyclic) bond motifs is 2. The minimum Gasteiger partial charge on any atom is -0.391 e. The molecule has 1 aliphatic heterocycles. The highest BCUT2D eigenvalue weighted by molar-refractivity contribution is 7.99. The van der Waals surface area contributed by atoms with Gasteiger partial charge in [0.05, 0.1) is 34.8 Å². The smallest absolute Gasteiger partial charge is 0.391 e. The number of nitrogens with zero attached hydrogens (tertiary/aromatic N) is 2. The Morgan fingerprint density at radius 1 is 1.14 bits per heavy atom. The first kappa shape index (κ1) is 18.8. The molecule has 0 amide bonds. The Balaban J connectivity index is 2.11. The first-order valence-electron chi connectivity index (χ1n) is 8.58. The third kappa shape index (κ3) is 2.85. The zero-order valence-electron chi connectivity index (χ0n) is 14.7. The Kier molecular flexibility index (Phi) is 4.39. The molecule has 1 aliphatic rings. The first-order valence-corrected chi connectivity index (χ1v) is 9.40. The molecule has 3 aromatic rings. The quantitative estimate of drug-likeness (QED) is 0.564. The number of para-hydroxylation sites is 1. The Hall–Kier alpha value is -2.52. The van der Waals surface area contributed by atoms with Gasteiger partial charge in [0.1, 0.15) is 0 Å². The van der Waals surface area contributed by atoms with Crippen LogP contribution in [0.2, 0.25) is 0 Å². The van der Waals surface area contributed by atoms with Gasteiger partial charge in [0.2, 0.25) is 0 Å². The summed E-state index contributed by atoms with van der Waals surface area (Å²) in [5.74, 6) is 0. The van der Waals surface area contributed by atoms with E-state index in [-0.39, 0.29) is 23.1 Å². The molecule has 0 radical (unpaired) electrons. The summed E-state index contributed by atoms with van der Waals surface area (Å²) in [4.78, 5) is 27.0. The second kappa shape index (κ2) is 6.52. The predicted molar refractivity (Wildman–Crippen MR) is 99.2 cm³/mol. The van der Waals surface area contributed by atoms with Gasteiger partial charge in [-0.2, -0.15) is 13.2 Å². The largest absolute Gasteiger partial charge is 0.416 e. The summed E-state index contributed by atoms with van der Waals surface area (Å²) < 4.78 is 41.7. The molecule has 0 saturated heterocycles. The predicted octanol–water partition coefficient (Wildman–Crippen LogP) is 3.41. The molecule has 2 heterocycles. The number of alkyl halides is 3. The normalized spacial score (nSPS) is 14.2. The molecule has 1 aromatic heterocycles. The van der Waals surface area contributed by atoms with E-state index in [1.54, 1.807) is 19.1 Å². The molecule has 1 N–H and O–H groups in total. The van der Waals surface area contributed by atoms with Crippen molar-refractivity contribution in [2.75, 3.05) is 0 Å². The number of hydrogen-bond acceptors (Lipinski definition) is 4. The van der Waals surface area contributed by atoms with E-state index in [2.05, 4.69) is 0 Å². The van der Waals surface area contributed by atoms with Crippen LogP contribution in [-0.2, 0) is 12.7 Å². The van der Waals surface area contributed by atoms with Gasteiger partial charge in [0.25, 0.3) is 5.56 Å². The van der Waals surface area contributed by atoms with E-state index in [0.717, 1.165) is 21.3 Å². The number of benzene rings is 2. The van der Waals surface area contributed by atoms with Crippen LogP contribution in [0.5, 0.6) is 0 Å². The maximum atomic E-state index is 13.2. The van der Waals surface area contributed by atoms with Crippen molar-refractivity contribution in [1.82, 2.24) is 9.13 Å². The minimum absolute atomic E-state index is 0.0771. The van der Waals surface area contributed by atoms with Gasteiger partial charge in [-0.05, 0) is 36.8 Å². The number of aliphatic hydroxyl groups is 1. The Morgan fingerprint density at radius 3 is 2.57 bits per heavy atom. The molecule has 0 spiro atoms. The molecule has 9 heteroatoms. The molecule has 0 aliphatic carbocycles. The molecule has 0 saturated carbocycles. The van der Waals surface area contributed by atoms with E-state index in [0.29, 0.717) is 16.2 Å². The van der Waals surface area contributed by atoms with Gasteiger partial charge < -0.3 is 5.11 Å². The van der Waals surface area contributed by atoms with E-state index >= 15 is 0 Å². The van der Waals surface area contributed by atoms with Gasteiger partial charge in [-0.15, -0.1) is 0 Å². The lowest BCUT2D eigenvalue weighted by Crippen LogP contribution is -2.42. The van der Waals surface area contributed by atoms with Gasteiger partial charge in [-0.3, -0.25) is 13.9 Å². The maximum Gasteiger partial charge on any atom is 0.416 e. The van der Waals surface area contributed by atoms with Crippen LogP contribution in [0.1, 0.15) is 18.9 Å². The van der Waals surface area contributed by atoms with Crippen LogP contribution in [0.25, 0.3) is 16.6 Å². The number of aromatic nitrogens is 2. The second-order valence-corrected chi connectivity index (χ2v) is 7.61. The van der Waals surface area contributed by atoms with Crippen molar-refractivity contribution in [1.29, 1.82) is 0 Å².